The highest BCUT2D eigenvalue weighted by Gasteiger charge is 2.28. The molecule has 2 saturated heterocycles. The predicted molar refractivity (Wildman–Crippen MR) is 132 cm³/mol. The monoisotopic (exact) mass is 447 g/mol. The molecule has 0 aliphatic carbocycles. The highest BCUT2D eigenvalue weighted by atomic mass is 16.5. The van der Waals surface area contributed by atoms with Crippen molar-refractivity contribution in [1.82, 2.24) is 14.7 Å². The number of hydrogen-bond donors (Lipinski definition) is 0. The molecular weight excluding hydrogens is 402 g/mol. The summed E-state index contributed by atoms with van der Waals surface area (Å²) in [6.45, 7) is 18.0. The third-order valence-corrected chi connectivity index (χ3v) is 6.63. The van der Waals surface area contributed by atoms with Gasteiger partial charge in [-0.2, -0.15) is 0 Å². The molecule has 0 bridgehead atoms. The van der Waals surface area contributed by atoms with E-state index < -0.39 is 0 Å². The second-order valence-corrected chi connectivity index (χ2v) is 8.95. The Balaban J connectivity index is 1.96. The highest BCUT2D eigenvalue weighted by Crippen LogP contribution is 2.23. The largest absolute Gasteiger partial charge is 0.466 e. The van der Waals surface area contributed by atoms with E-state index in [0.717, 1.165) is 78.2 Å². The number of nitrogens with zero attached hydrogens (tertiary/aromatic N) is 3. The Morgan fingerprint density at radius 1 is 1.09 bits per heavy atom. The van der Waals surface area contributed by atoms with Crippen LogP contribution < -0.4 is 0 Å². The number of esters is 1. The summed E-state index contributed by atoms with van der Waals surface area (Å²) in [5.74, 6) is 0.400. The summed E-state index contributed by atoms with van der Waals surface area (Å²) in [5.41, 5.74) is 1.18. The standard InChI is InChI=1S/C26H45N3O3/c1-5-7-8-10-23(3)25(29-17-15-27(16-18-29)19-20-31-4)22-28-13-9-11-24(12-14-28)21-26(30)32-6-2/h5,7-8,10,24-25H,3,6,9,11-22H2,1-2,4H3/b7-5-,10-8-. The van der Waals surface area contributed by atoms with Crippen molar-refractivity contribution in [3.05, 3.63) is 36.5 Å². The predicted octanol–water partition coefficient (Wildman–Crippen LogP) is 3.36. The minimum Gasteiger partial charge on any atom is -0.466 e. The molecule has 0 N–H and O–H groups in total. The number of allylic oxidation sites excluding steroid dienone is 3. The van der Waals surface area contributed by atoms with Crippen molar-refractivity contribution >= 4 is 5.97 Å². The molecule has 0 aromatic rings. The zero-order chi connectivity index (χ0) is 23.2. The fourth-order valence-electron chi connectivity index (χ4n) is 4.70. The van der Waals surface area contributed by atoms with Gasteiger partial charge in [-0.25, -0.2) is 0 Å². The Labute approximate surface area is 195 Å². The molecule has 0 aromatic heterocycles. The van der Waals surface area contributed by atoms with Gasteiger partial charge in [0.05, 0.1) is 13.2 Å². The van der Waals surface area contributed by atoms with E-state index in [1.54, 1.807) is 7.11 Å². The summed E-state index contributed by atoms with van der Waals surface area (Å²) in [4.78, 5) is 19.6. The van der Waals surface area contributed by atoms with Crippen LogP contribution in [0.15, 0.2) is 36.5 Å². The molecule has 182 valence electrons. The molecule has 0 saturated carbocycles. The van der Waals surface area contributed by atoms with Crippen LogP contribution in [0.4, 0.5) is 0 Å². The van der Waals surface area contributed by atoms with Gasteiger partial charge >= 0.3 is 5.97 Å². The number of carbonyl (C=O) groups is 1. The lowest BCUT2D eigenvalue weighted by Gasteiger charge is -2.41. The minimum absolute atomic E-state index is 0.0438. The second-order valence-electron chi connectivity index (χ2n) is 8.95. The SMILES string of the molecule is C=C(/C=C\C=C/C)C(CN1CCCC(CC(=O)OCC)CC1)N1CCN(CCOC)CC1. The molecule has 0 radical (unpaired) electrons. The van der Waals surface area contributed by atoms with Gasteiger partial charge in [-0.15, -0.1) is 0 Å². The van der Waals surface area contributed by atoms with Crippen molar-refractivity contribution in [2.75, 3.05) is 72.7 Å². The smallest absolute Gasteiger partial charge is 0.306 e. The third kappa shape index (κ3) is 9.57. The Morgan fingerprint density at radius 2 is 1.88 bits per heavy atom. The Morgan fingerprint density at radius 3 is 2.56 bits per heavy atom. The van der Waals surface area contributed by atoms with Crippen LogP contribution in [0.5, 0.6) is 0 Å². The normalized spacial score (nSPS) is 22.9. The number of piperazine rings is 1. The Kier molecular flexibility index (Phi) is 12.9. The fourth-order valence-corrected chi connectivity index (χ4v) is 4.70. The molecule has 2 rings (SSSR count). The number of ether oxygens (including phenoxy) is 2. The van der Waals surface area contributed by atoms with Crippen molar-refractivity contribution in [2.24, 2.45) is 5.92 Å². The molecule has 2 aliphatic heterocycles. The van der Waals surface area contributed by atoms with Gasteiger partial charge in [0.2, 0.25) is 0 Å². The zero-order valence-electron chi connectivity index (χ0n) is 20.6. The second kappa shape index (κ2) is 15.4. The third-order valence-electron chi connectivity index (χ3n) is 6.63. The van der Waals surface area contributed by atoms with Crippen molar-refractivity contribution in [1.29, 1.82) is 0 Å². The van der Waals surface area contributed by atoms with E-state index in [0.29, 0.717) is 25.0 Å². The molecule has 6 nitrogen and oxygen atoms in total. The van der Waals surface area contributed by atoms with Gasteiger partial charge < -0.3 is 14.4 Å². The lowest BCUT2D eigenvalue weighted by atomic mass is 9.97. The summed E-state index contributed by atoms with van der Waals surface area (Å²) in [6.07, 6.45) is 12.3. The topological polar surface area (TPSA) is 45.2 Å². The van der Waals surface area contributed by atoms with E-state index in [1.807, 2.05) is 19.9 Å². The van der Waals surface area contributed by atoms with Gasteiger partial charge in [0.25, 0.3) is 0 Å². The molecule has 2 aliphatic rings. The maximum Gasteiger partial charge on any atom is 0.306 e. The van der Waals surface area contributed by atoms with Crippen LogP contribution in [0.25, 0.3) is 0 Å². The summed E-state index contributed by atoms with van der Waals surface area (Å²) >= 11 is 0. The molecule has 2 unspecified atom stereocenters. The molecule has 2 fully saturated rings. The van der Waals surface area contributed by atoms with Gasteiger partial charge in [0, 0.05) is 58.8 Å². The van der Waals surface area contributed by atoms with Crippen molar-refractivity contribution in [3.63, 3.8) is 0 Å². The van der Waals surface area contributed by atoms with Crippen LogP contribution in [0.1, 0.15) is 39.5 Å². The van der Waals surface area contributed by atoms with E-state index in [4.69, 9.17) is 9.47 Å². The maximum atomic E-state index is 11.9. The summed E-state index contributed by atoms with van der Waals surface area (Å²) in [6, 6.07) is 0.322. The van der Waals surface area contributed by atoms with Crippen LogP contribution in [0, 0.1) is 5.92 Å². The molecule has 0 spiro atoms. The average molecular weight is 448 g/mol. The first-order valence-electron chi connectivity index (χ1n) is 12.4. The molecule has 6 heteroatoms. The van der Waals surface area contributed by atoms with Gasteiger partial charge in [0.15, 0.2) is 0 Å². The van der Waals surface area contributed by atoms with Gasteiger partial charge in [-0.05, 0) is 57.7 Å². The molecule has 0 amide bonds. The first kappa shape index (κ1) is 26.8. The van der Waals surface area contributed by atoms with Crippen molar-refractivity contribution < 1.29 is 14.3 Å². The van der Waals surface area contributed by atoms with E-state index >= 15 is 0 Å². The average Bonchev–Trinajstić information content (AvgIpc) is 3.01. The summed E-state index contributed by atoms with van der Waals surface area (Å²) in [5, 5.41) is 0. The quantitative estimate of drug-likeness (QED) is 0.338. The summed E-state index contributed by atoms with van der Waals surface area (Å²) < 4.78 is 10.4. The van der Waals surface area contributed by atoms with Gasteiger partial charge in [0.1, 0.15) is 0 Å². The Hall–Kier alpha value is -1.47. The zero-order valence-corrected chi connectivity index (χ0v) is 20.6. The lowest BCUT2D eigenvalue weighted by molar-refractivity contribution is -0.144. The fraction of sp³-hybridized carbons (Fsp3) is 0.731. The number of likely N-dealkylation sites (tertiary alicyclic amines) is 1. The van der Waals surface area contributed by atoms with Crippen LogP contribution in [0.2, 0.25) is 0 Å². The van der Waals surface area contributed by atoms with Gasteiger partial charge in [-0.3, -0.25) is 14.6 Å². The Bertz CT molecular complexity index is 611. The number of hydrogen-bond acceptors (Lipinski definition) is 6. The molecule has 0 aromatic carbocycles. The van der Waals surface area contributed by atoms with Crippen LogP contribution in [-0.2, 0) is 14.3 Å². The highest BCUT2D eigenvalue weighted by molar-refractivity contribution is 5.69. The van der Waals surface area contributed by atoms with E-state index in [1.165, 1.54) is 5.57 Å². The first-order chi connectivity index (χ1) is 15.6. The number of rotatable bonds is 12. The van der Waals surface area contributed by atoms with Crippen LogP contribution >= 0.6 is 0 Å². The molecule has 32 heavy (non-hydrogen) atoms. The van der Waals surface area contributed by atoms with E-state index in [9.17, 15) is 4.79 Å². The van der Waals surface area contributed by atoms with E-state index in [2.05, 4.69) is 39.5 Å². The number of methoxy groups -OCH3 is 1. The molecular formula is C26H45N3O3. The van der Waals surface area contributed by atoms with E-state index in [-0.39, 0.29) is 5.97 Å². The molecule has 2 atom stereocenters. The molecule has 2 heterocycles. The van der Waals surface area contributed by atoms with Crippen molar-refractivity contribution in [3.8, 4) is 0 Å². The first-order valence-corrected chi connectivity index (χ1v) is 12.4. The summed E-state index contributed by atoms with van der Waals surface area (Å²) in [7, 11) is 1.77. The van der Waals surface area contributed by atoms with Crippen LogP contribution in [0.3, 0.4) is 0 Å². The van der Waals surface area contributed by atoms with Crippen molar-refractivity contribution in [2.45, 2.75) is 45.6 Å². The maximum absolute atomic E-state index is 11.9. The van der Waals surface area contributed by atoms with Gasteiger partial charge in [-0.1, -0.05) is 30.9 Å². The lowest BCUT2D eigenvalue weighted by Crippen LogP contribution is -2.54. The minimum atomic E-state index is -0.0438. The van der Waals surface area contributed by atoms with Crippen LogP contribution in [-0.4, -0.2) is 99.4 Å². The number of carbonyl (C=O) groups excluding carboxylic acids is 1.